The summed E-state index contributed by atoms with van der Waals surface area (Å²) in [6.07, 6.45) is -0.331. The van der Waals surface area contributed by atoms with E-state index in [4.69, 9.17) is 22.7 Å². The third-order valence-electron chi connectivity index (χ3n) is 2.33. The van der Waals surface area contributed by atoms with Gasteiger partial charge in [-0.1, -0.05) is 36.5 Å². The van der Waals surface area contributed by atoms with Gasteiger partial charge < -0.3 is 10.5 Å². The predicted molar refractivity (Wildman–Crippen MR) is 81.0 cm³/mol. The van der Waals surface area contributed by atoms with Crippen LogP contribution in [0.15, 0.2) is 24.3 Å². The lowest BCUT2D eigenvalue weighted by Crippen LogP contribution is -2.22. The van der Waals surface area contributed by atoms with E-state index in [1.165, 1.54) is 0 Å². The van der Waals surface area contributed by atoms with Crippen molar-refractivity contribution in [3.8, 4) is 0 Å². The third-order valence-corrected chi connectivity index (χ3v) is 4.01. The fourth-order valence-electron chi connectivity index (χ4n) is 1.55. The number of hydrogen-bond acceptors (Lipinski definition) is 5. The number of esters is 1. The fraction of sp³-hybridized carbons (Fsp3) is 0.385. The van der Waals surface area contributed by atoms with Gasteiger partial charge >= 0.3 is 5.97 Å². The van der Waals surface area contributed by atoms with Crippen LogP contribution in [0.5, 0.6) is 0 Å². The standard InChI is InChI=1S/C13H17NO4S2/c1-9(2)18-12(15)8-20(16,17)7-10-3-5-11(6-4-10)13(14)19/h3-6,9H,7-8H2,1-2H3,(H2,14,19). The highest BCUT2D eigenvalue weighted by Crippen LogP contribution is 2.10. The Morgan fingerprint density at radius 3 is 2.30 bits per heavy atom. The average Bonchev–Trinajstić information content (AvgIpc) is 2.26. The first-order valence-electron chi connectivity index (χ1n) is 5.98. The largest absolute Gasteiger partial charge is 0.462 e. The van der Waals surface area contributed by atoms with Crippen LogP contribution in [0.2, 0.25) is 0 Å². The lowest BCUT2D eigenvalue weighted by molar-refractivity contribution is -0.144. The van der Waals surface area contributed by atoms with Gasteiger partial charge in [0, 0.05) is 5.56 Å². The van der Waals surface area contributed by atoms with Crippen LogP contribution < -0.4 is 5.73 Å². The van der Waals surface area contributed by atoms with Crippen LogP contribution in [-0.4, -0.2) is 31.2 Å². The molecule has 7 heteroatoms. The summed E-state index contributed by atoms with van der Waals surface area (Å²) in [5.74, 6) is -1.58. The molecule has 0 atom stereocenters. The molecule has 0 saturated heterocycles. The van der Waals surface area contributed by atoms with Crippen LogP contribution in [0.4, 0.5) is 0 Å². The monoisotopic (exact) mass is 315 g/mol. The first kappa shape index (κ1) is 16.6. The van der Waals surface area contributed by atoms with Gasteiger partial charge in [0.1, 0.15) is 10.7 Å². The minimum atomic E-state index is -3.55. The van der Waals surface area contributed by atoms with Crippen molar-refractivity contribution < 1.29 is 17.9 Å². The second-order valence-corrected chi connectivity index (χ2v) is 7.14. The summed E-state index contributed by atoms with van der Waals surface area (Å²) in [6.45, 7) is 3.33. The molecule has 0 fully saturated rings. The van der Waals surface area contributed by atoms with E-state index in [-0.39, 0.29) is 16.8 Å². The molecule has 0 radical (unpaired) electrons. The van der Waals surface area contributed by atoms with Crippen molar-refractivity contribution in [1.82, 2.24) is 0 Å². The molecule has 1 rings (SSSR count). The number of rotatable bonds is 6. The zero-order chi connectivity index (χ0) is 15.3. The van der Waals surface area contributed by atoms with Crippen molar-refractivity contribution in [1.29, 1.82) is 0 Å². The molecule has 0 aliphatic heterocycles. The number of nitrogens with two attached hydrogens (primary N) is 1. The van der Waals surface area contributed by atoms with Gasteiger partial charge in [-0.15, -0.1) is 0 Å². The van der Waals surface area contributed by atoms with E-state index in [1.54, 1.807) is 38.1 Å². The quantitative estimate of drug-likeness (QED) is 0.627. The van der Waals surface area contributed by atoms with Gasteiger partial charge in [0.2, 0.25) is 0 Å². The predicted octanol–water partition coefficient (Wildman–Crippen LogP) is 1.19. The van der Waals surface area contributed by atoms with Gasteiger partial charge in [0.05, 0.1) is 11.9 Å². The molecule has 0 unspecified atom stereocenters. The number of thiocarbonyl (C=S) groups is 1. The molecule has 0 saturated carbocycles. The van der Waals surface area contributed by atoms with Crippen LogP contribution in [0.1, 0.15) is 25.0 Å². The highest BCUT2D eigenvalue weighted by atomic mass is 32.2. The lowest BCUT2D eigenvalue weighted by atomic mass is 10.1. The van der Waals surface area contributed by atoms with E-state index >= 15 is 0 Å². The van der Waals surface area contributed by atoms with E-state index in [2.05, 4.69) is 0 Å². The smallest absolute Gasteiger partial charge is 0.321 e. The molecule has 2 N–H and O–H groups in total. The molecule has 0 aromatic heterocycles. The van der Waals surface area contributed by atoms with Crippen LogP contribution >= 0.6 is 12.2 Å². The average molecular weight is 315 g/mol. The number of carbonyl (C=O) groups is 1. The number of ether oxygens (including phenoxy) is 1. The molecular formula is C13H17NO4S2. The molecule has 20 heavy (non-hydrogen) atoms. The molecule has 1 aromatic carbocycles. The van der Waals surface area contributed by atoms with Gasteiger partial charge in [-0.05, 0) is 19.4 Å². The minimum Gasteiger partial charge on any atom is -0.462 e. The molecule has 0 heterocycles. The van der Waals surface area contributed by atoms with Gasteiger partial charge in [-0.25, -0.2) is 8.42 Å². The Balaban J connectivity index is 2.71. The molecule has 1 aromatic rings. The van der Waals surface area contributed by atoms with Crippen molar-refractivity contribution in [2.45, 2.75) is 25.7 Å². The summed E-state index contributed by atoms with van der Waals surface area (Å²) in [5.41, 5.74) is 6.69. The fourth-order valence-corrected chi connectivity index (χ4v) is 2.91. The van der Waals surface area contributed by atoms with Crippen molar-refractivity contribution in [3.05, 3.63) is 35.4 Å². The lowest BCUT2D eigenvalue weighted by Gasteiger charge is -2.08. The second-order valence-electron chi connectivity index (χ2n) is 4.63. The highest BCUT2D eigenvalue weighted by Gasteiger charge is 2.19. The molecule has 0 spiro atoms. The first-order chi connectivity index (χ1) is 9.19. The molecule has 5 nitrogen and oxygen atoms in total. The highest BCUT2D eigenvalue weighted by molar-refractivity contribution is 7.91. The summed E-state index contributed by atoms with van der Waals surface area (Å²) < 4.78 is 28.5. The maximum absolute atomic E-state index is 11.9. The summed E-state index contributed by atoms with van der Waals surface area (Å²) in [5, 5.41) is 0. The zero-order valence-electron chi connectivity index (χ0n) is 11.3. The molecule has 0 bridgehead atoms. The van der Waals surface area contributed by atoms with Gasteiger partial charge in [-0.2, -0.15) is 0 Å². The van der Waals surface area contributed by atoms with Crippen LogP contribution in [-0.2, 0) is 25.1 Å². The topological polar surface area (TPSA) is 86.5 Å². The molecule has 110 valence electrons. The van der Waals surface area contributed by atoms with E-state index in [1.807, 2.05) is 0 Å². The second kappa shape index (κ2) is 6.81. The Bertz CT molecular complexity index is 591. The van der Waals surface area contributed by atoms with Gasteiger partial charge in [0.15, 0.2) is 9.84 Å². The van der Waals surface area contributed by atoms with Crippen LogP contribution in [0.3, 0.4) is 0 Å². The molecular weight excluding hydrogens is 298 g/mol. The maximum atomic E-state index is 11.9. The van der Waals surface area contributed by atoms with E-state index in [0.717, 1.165) is 0 Å². The Kier molecular flexibility index (Phi) is 5.64. The van der Waals surface area contributed by atoms with Crippen molar-refractivity contribution in [2.75, 3.05) is 5.75 Å². The SMILES string of the molecule is CC(C)OC(=O)CS(=O)(=O)Cc1ccc(C(N)=S)cc1. The van der Waals surface area contributed by atoms with Crippen molar-refractivity contribution in [2.24, 2.45) is 5.73 Å². The number of sulfone groups is 1. The van der Waals surface area contributed by atoms with E-state index in [9.17, 15) is 13.2 Å². The summed E-state index contributed by atoms with van der Waals surface area (Å²) in [6, 6.07) is 6.55. The zero-order valence-corrected chi connectivity index (χ0v) is 13.0. The third kappa shape index (κ3) is 5.66. The number of carbonyl (C=O) groups excluding carboxylic acids is 1. The first-order valence-corrected chi connectivity index (χ1v) is 8.21. The Hall–Kier alpha value is -1.47. The summed E-state index contributed by atoms with van der Waals surface area (Å²) >= 11 is 4.81. The van der Waals surface area contributed by atoms with Crippen molar-refractivity contribution >= 4 is 33.0 Å². The van der Waals surface area contributed by atoms with E-state index in [0.29, 0.717) is 11.1 Å². The normalized spacial score (nSPS) is 11.3. The Morgan fingerprint density at radius 2 is 1.85 bits per heavy atom. The minimum absolute atomic E-state index is 0.224. The number of hydrogen-bond donors (Lipinski definition) is 1. The molecule has 0 aliphatic carbocycles. The van der Waals surface area contributed by atoms with Gasteiger partial charge in [-0.3, -0.25) is 4.79 Å². The summed E-state index contributed by atoms with van der Waals surface area (Å²) in [4.78, 5) is 11.6. The van der Waals surface area contributed by atoms with Crippen molar-refractivity contribution in [3.63, 3.8) is 0 Å². The molecule has 0 aliphatic rings. The van der Waals surface area contributed by atoms with E-state index < -0.39 is 21.6 Å². The number of benzene rings is 1. The Morgan fingerprint density at radius 1 is 1.30 bits per heavy atom. The van der Waals surface area contributed by atoms with Crippen LogP contribution in [0, 0.1) is 0 Å². The van der Waals surface area contributed by atoms with Crippen LogP contribution in [0.25, 0.3) is 0 Å². The Labute approximate surface area is 124 Å². The van der Waals surface area contributed by atoms with Gasteiger partial charge in [0.25, 0.3) is 0 Å². The summed E-state index contributed by atoms with van der Waals surface area (Å²) in [7, 11) is -3.55. The molecule has 0 amide bonds. The maximum Gasteiger partial charge on any atom is 0.321 e.